The first-order valence-corrected chi connectivity index (χ1v) is 6.76. The highest BCUT2D eigenvalue weighted by molar-refractivity contribution is 7.12. The van der Waals surface area contributed by atoms with Crippen molar-refractivity contribution < 1.29 is 0 Å². The lowest BCUT2D eigenvalue weighted by molar-refractivity contribution is 0.539. The van der Waals surface area contributed by atoms with Crippen molar-refractivity contribution in [2.24, 2.45) is 0 Å². The van der Waals surface area contributed by atoms with Crippen LogP contribution >= 0.6 is 11.3 Å². The molecule has 0 amide bonds. The third-order valence-electron chi connectivity index (χ3n) is 2.70. The average molecular weight is 250 g/mol. The summed E-state index contributed by atoms with van der Waals surface area (Å²) in [5, 5.41) is 11.6. The van der Waals surface area contributed by atoms with Gasteiger partial charge in [-0.15, -0.1) is 16.4 Å². The van der Waals surface area contributed by atoms with Gasteiger partial charge in [0.25, 0.3) is 0 Å². The van der Waals surface area contributed by atoms with Gasteiger partial charge in [-0.05, 0) is 32.5 Å². The number of hydrogen-bond acceptors (Lipinski definition) is 4. The van der Waals surface area contributed by atoms with Crippen LogP contribution in [0.25, 0.3) is 0 Å². The Labute approximate surface area is 106 Å². The van der Waals surface area contributed by atoms with Crippen LogP contribution in [-0.4, -0.2) is 21.5 Å². The molecule has 2 aromatic rings. The van der Waals surface area contributed by atoms with Gasteiger partial charge in [-0.25, -0.2) is 4.68 Å². The van der Waals surface area contributed by atoms with Crippen molar-refractivity contribution in [3.8, 4) is 0 Å². The molecule has 0 radical (unpaired) electrons. The van der Waals surface area contributed by atoms with Gasteiger partial charge in [0, 0.05) is 16.3 Å². The molecule has 5 heteroatoms. The van der Waals surface area contributed by atoms with Crippen molar-refractivity contribution in [3.63, 3.8) is 0 Å². The molecule has 0 spiro atoms. The summed E-state index contributed by atoms with van der Waals surface area (Å²) in [5.41, 5.74) is 1.14. The van der Waals surface area contributed by atoms with Gasteiger partial charge in [-0.2, -0.15) is 0 Å². The van der Waals surface area contributed by atoms with Crippen LogP contribution in [0.4, 0.5) is 0 Å². The van der Waals surface area contributed by atoms with Gasteiger partial charge >= 0.3 is 0 Å². The molecule has 2 aromatic heterocycles. The third kappa shape index (κ3) is 2.56. The Kier molecular flexibility index (Phi) is 3.91. The van der Waals surface area contributed by atoms with Crippen LogP contribution in [0.3, 0.4) is 0 Å². The SMILES string of the molecule is CCNC(c1ccc(C)s1)c1cnnn1CC. The second kappa shape index (κ2) is 5.42. The molecule has 1 N–H and O–H groups in total. The van der Waals surface area contributed by atoms with Gasteiger partial charge in [0.1, 0.15) is 0 Å². The van der Waals surface area contributed by atoms with E-state index in [1.807, 2.05) is 22.2 Å². The van der Waals surface area contributed by atoms with E-state index < -0.39 is 0 Å². The Morgan fingerprint density at radius 1 is 1.41 bits per heavy atom. The number of rotatable bonds is 5. The first-order valence-electron chi connectivity index (χ1n) is 5.94. The zero-order valence-corrected chi connectivity index (χ0v) is 11.3. The predicted molar refractivity (Wildman–Crippen MR) is 70.3 cm³/mol. The number of aromatic nitrogens is 3. The molecule has 0 aromatic carbocycles. The maximum atomic E-state index is 4.10. The average Bonchev–Trinajstić information content (AvgIpc) is 2.94. The minimum absolute atomic E-state index is 0.202. The molecule has 4 nitrogen and oxygen atoms in total. The zero-order valence-electron chi connectivity index (χ0n) is 10.5. The Morgan fingerprint density at radius 3 is 2.82 bits per heavy atom. The fraction of sp³-hybridized carbons (Fsp3) is 0.500. The summed E-state index contributed by atoms with van der Waals surface area (Å²) in [5.74, 6) is 0. The lowest BCUT2D eigenvalue weighted by atomic mass is 10.2. The van der Waals surface area contributed by atoms with Crippen LogP contribution in [0.15, 0.2) is 18.3 Å². The minimum atomic E-state index is 0.202. The van der Waals surface area contributed by atoms with E-state index in [0.717, 1.165) is 18.8 Å². The summed E-state index contributed by atoms with van der Waals surface area (Å²) in [6.45, 7) is 8.11. The van der Waals surface area contributed by atoms with Crippen LogP contribution in [0.5, 0.6) is 0 Å². The molecule has 1 unspecified atom stereocenters. The van der Waals surface area contributed by atoms with Crippen LogP contribution in [0, 0.1) is 6.92 Å². The fourth-order valence-electron chi connectivity index (χ4n) is 1.90. The molecular weight excluding hydrogens is 232 g/mol. The molecule has 0 fully saturated rings. The third-order valence-corrected chi connectivity index (χ3v) is 3.76. The second-order valence-corrected chi connectivity index (χ2v) is 5.23. The largest absolute Gasteiger partial charge is 0.305 e. The standard InChI is InChI=1S/C12H18N4S/c1-4-13-12(11-7-6-9(3)17-11)10-8-14-15-16(10)5-2/h6-8,12-13H,4-5H2,1-3H3. The second-order valence-electron chi connectivity index (χ2n) is 3.91. The van der Waals surface area contributed by atoms with Crippen LogP contribution < -0.4 is 5.32 Å². The molecule has 0 aliphatic heterocycles. The molecule has 2 heterocycles. The van der Waals surface area contributed by atoms with E-state index in [0.29, 0.717) is 0 Å². The van der Waals surface area contributed by atoms with Crippen LogP contribution in [0.2, 0.25) is 0 Å². The number of nitrogens with zero attached hydrogens (tertiary/aromatic N) is 3. The number of hydrogen-bond donors (Lipinski definition) is 1. The quantitative estimate of drug-likeness (QED) is 0.886. The minimum Gasteiger partial charge on any atom is -0.305 e. The zero-order chi connectivity index (χ0) is 12.3. The van der Waals surface area contributed by atoms with E-state index in [2.05, 4.69) is 48.5 Å². The lowest BCUT2D eigenvalue weighted by Crippen LogP contribution is -2.24. The molecule has 92 valence electrons. The fourth-order valence-corrected chi connectivity index (χ4v) is 2.86. The van der Waals surface area contributed by atoms with E-state index in [-0.39, 0.29) is 6.04 Å². The van der Waals surface area contributed by atoms with Gasteiger partial charge in [-0.3, -0.25) is 0 Å². The molecule has 0 bridgehead atoms. The molecular formula is C12H18N4S. The first kappa shape index (κ1) is 12.3. The summed E-state index contributed by atoms with van der Waals surface area (Å²) in [4.78, 5) is 2.65. The Balaban J connectivity index is 2.35. The van der Waals surface area contributed by atoms with E-state index in [9.17, 15) is 0 Å². The predicted octanol–water partition coefficient (Wildman–Crippen LogP) is 2.37. The summed E-state index contributed by atoms with van der Waals surface area (Å²) >= 11 is 1.82. The van der Waals surface area contributed by atoms with E-state index in [4.69, 9.17) is 0 Å². The molecule has 0 aliphatic rings. The van der Waals surface area contributed by atoms with Crippen molar-refractivity contribution in [2.45, 2.75) is 33.4 Å². The molecule has 0 saturated heterocycles. The Morgan fingerprint density at radius 2 is 2.24 bits per heavy atom. The lowest BCUT2D eigenvalue weighted by Gasteiger charge is -2.16. The molecule has 0 saturated carbocycles. The molecule has 2 rings (SSSR count). The van der Waals surface area contributed by atoms with Crippen molar-refractivity contribution in [3.05, 3.63) is 33.8 Å². The molecule has 0 aliphatic carbocycles. The Hall–Kier alpha value is -1.20. The van der Waals surface area contributed by atoms with E-state index in [1.54, 1.807) is 0 Å². The van der Waals surface area contributed by atoms with E-state index >= 15 is 0 Å². The first-order chi connectivity index (χ1) is 8.26. The smallest absolute Gasteiger partial charge is 0.0858 e. The van der Waals surface area contributed by atoms with Gasteiger partial charge in [-0.1, -0.05) is 12.1 Å². The number of nitrogens with one attached hydrogen (secondary N) is 1. The summed E-state index contributed by atoms with van der Waals surface area (Å²) in [6, 6.07) is 4.54. The summed E-state index contributed by atoms with van der Waals surface area (Å²) < 4.78 is 1.95. The summed E-state index contributed by atoms with van der Waals surface area (Å²) in [6.07, 6.45) is 1.85. The van der Waals surface area contributed by atoms with Gasteiger partial charge in [0.05, 0.1) is 17.9 Å². The Bertz CT molecular complexity index is 474. The normalized spacial score (nSPS) is 12.9. The maximum absolute atomic E-state index is 4.10. The monoisotopic (exact) mass is 250 g/mol. The highest BCUT2D eigenvalue weighted by atomic mass is 32.1. The topological polar surface area (TPSA) is 42.7 Å². The van der Waals surface area contributed by atoms with Gasteiger partial charge in [0.2, 0.25) is 0 Å². The van der Waals surface area contributed by atoms with Crippen molar-refractivity contribution in [1.82, 2.24) is 20.3 Å². The highest BCUT2D eigenvalue weighted by Gasteiger charge is 2.19. The molecule has 17 heavy (non-hydrogen) atoms. The highest BCUT2D eigenvalue weighted by Crippen LogP contribution is 2.27. The summed E-state index contributed by atoms with van der Waals surface area (Å²) in [7, 11) is 0. The maximum Gasteiger partial charge on any atom is 0.0858 e. The van der Waals surface area contributed by atoms with Crippen LogP contribution in [-0.2, 0) is 6.54 Å². The van der Waals surface area contributed by atoms with Crippen molar-refractivity contribution in [1.29, 1.82) is 0 Å². The molecule has 1 atom stereocenters. The number of thiophene rings is 1. The van der Waals surface area contributed by atoms with Gasteiger partial charge in [0.15, 0.2) is 0 Å². The van der Waals surface area contributed by atoms with Crippen molar-refractivity contribution in [2.75, 3.05) is 6.54 Å². The van der Waals surface area contributed by atoms with E-state index in [1.165, 1.54) is 9.75 Å². The van der Waals surface area contributed by atoms with Crippen molar-refractivity contribution >= 4 is 11.3 Å². The van der Waals surface area contributed by atoms with Crippen LogP contribution in [0.1, 0.15) is 35.3 Å². The number of aryl methyl sites for hydroxylation is 2. The van der Waals surface area contributed by atoms with Gasteiger partial charge < -0.3 is 5.32 Å².